The lowest BCUT2D eigenvalue weighted by atomic mass is 10.1. The van der Waals surface area contributed by atoms with Crippen molar-refractivity contribution in [3.8, 4) is 0 Å². The van der Waals surface area contributed by atoms with Gasteiger partial charge in [0.15, 0.2) is 5.17 Å². The second-order valence-corrected chi connectivity index (χ2v) is 6.81. The van der Waals surface area contributed by atoms with Crippen molar-refractivity contribution in [1.29, 1.82) is 0 Å². The Labute approximate surface area is 143 Å². The molecular weight excluding hydrogens is 334 g/mol. The molecule has 0 saturated carbocycles. The van der Waals surface area contributed by atoms with Gasteiger partial charge in [-0.25, -0.2) is 0 Å². The Morgan fingerprint density at radius 2 is 2.04 bits per heavy atom. The molecule has 0 N–H and O–H groups in total. The fourth-order valence-corrected chi connectivity index (χ4v) is 3.55. The molecule has 0 radical (unpaired) electrons. The highest BCUT2D eigenvalue weighted by Crippen LogP contribution is 2.29. The van der Waals surface area contributed by atoms with Gasteiger partial charge < -0.3 is 4.52 Å². The molecule has 1 aromatic carbocycles. The first kappa shape index (κ1) is 16.1. The van der Waals surface area contributed by atoms with E-state index in [1.807, 2.05) is 19.1 Å². The van der Waals surface area contributed by atoms with E-state index in [1.165, 1.54) is 0 Å². The lowest BCUT2D eigenvalue weighted by molar-refractivity contribution is 0.100. The van der Waals surface area contributed by atoms with Gasteiger partial charge in [0, 0.05) is 10.8 Å². The third-order valence-electron chi connectivity index (χ3n) is 3.51. The minimum Gasteiger partial charge on any atom is -0.361 e. The molecule has 0 bridgehead atoms. The molecule has 1 amide bonds. The molecule has 0 fully saturated rings. The Hall–Kier alpha value is -1.79. The number of aryl methyl sites for hydroxylation is 2. The van der Waals surface area contributed by atoms with Crippen LogP contribution in [0.4, 0.5) is 5.69 Å². The van der Waals surface area contributed by atoms with Crippen LogP contribution in [-0.4, -0.2) is 28.0 Å². The zero-order valence-corrected chi connectivity index (χ0v) is 14.6. The fraction of sp³-hybridized carbons (Fsp3) is 0.312. The van der Waals surface area contributed by atoms with E-state index >= 15 is 0 Å². The Kier molecular flexibility index (Phi) is 4.46. The van der Waals surface area contributed by atoms with E-state index < -0.39 is 0 Å². The summed E-state index contributed by atoms with van der Waals surface area (Å²) in [6.45, 7) is 5.52. The number of amides is 1. The van der Waals surface area contributed by atoms with E-state index in [4.69, 9.17) is 16.1 Å². The number of anilines is 1. The summed E-state index contributed by atoms with van der Waals surface area (Å²) in [6.07, 6.45) is 0. The lowest BCUT2D eigenvalue weighted by Gasteiger charge is -2.22. The molecule has 0 spiro atoms. The number of halogens is 1. The highest BCUT2D eigenvalue weighted by molar-refractivity contribution is 8.14. The molecule has 1 aromatic heterocycles. The molecule has 2 heterocycles. The third kappa shape index (κ3) is 3.14. The maximum Gasteiger partial charge on any atom is 0.269 e. The van der Waals surface area contributed by atoms with E-state index in [1.54, 1.807) is 42.6 Å². The molecule has 7 heteroatoms. The van der Waals surface area contributed by atoms with Crippen molar-refractivity contribution in [2.45, 2.75) is 26.8 Å². The molecule has 0 aliphatic carbocycles. The quantitative estimate of drug-likeness (QED) is 0.819. The van der Waals surface area contributed by atoms with Gasteiger partial charge in [-0.15, -0.1) is 0 Å². The number of thioether (sulfide) groups is 1. The number of carbonyl (C=O) groups is 1. The summed E-state index contributed by atoms with van der Waals surface area (Å²) in [5.41, 5.74) is 1.77. The number of aromatic nitrogens is 1. The number of nitrogens with zero attached hydrogens (tertiary/aromatic N) is 3. The number of aliphatic imine (C=N–C) groups is 1. The first-order chi connectivity index (χ1) is 11.0. The van der Waals surface area contributed by atoms with Gasteiger partial charge >= 0.3 is 0 Å². The van der Waals surface area contributed by atoms with E-state index in [-0.39, 0.29) is 11.9 Å². The predicted molar refractivity (Wildman–Crippen MR) is 93.6 cm³/mol. The summed E-state index contributed by atoms with van der Waals surface area (Å²) in [7, 11) is 0. The van der Waals surface area contributed by atoms with Crippen LogP contribution in [0.1, 0.15) is 28.7 Å². The van der Waals surface area contributed by atoms with Gasteiger partial charge in [-0.2, -0.15) is 0 Å². The molecule has 3 rings (SSSR count). The standard InChI is InChI=1S/C16H16ClN3O2S/c1-9-8-23-16(18-9)20(13-6-4-12(17)5-7-13)15(21)14-10(2)19-22-11(14)3/h4-7,9H,8H2,1-3H3. The van der Waals surface area contributed by atoms with Crippen molar-refractivity contribution in [2.75, 3.05) is 10.7 Å². The number of rotatable bonds is 2. The summed E-state index contributed by atoms with van der Waals surface area (Å²) in [5, 5.41) is 5.18. The molecule has 1 unspecified atom stereocenters. The topological polar surface area (TPSA) is 58.7 Å². The largest absolute Gasteiger partial charge is 0.361 e. The van der Waals surface area contributed by atoms with Crippen LogP contribution in [-0.2, 0) is 0 Å². The molecule has 2 aromatic rings. The average molecular weight is 350 g/mol. The monoisotopic (exact) mass is 349 g/mol. The van der Waals surface area contributed by atoms with E-state index in [0.717, 1.165) is 11.4 Å². The van der Waals surface area contributed by atoms with Crippen LogP contribution >= 0.6 is 23.4 Å². The molecule has 120 valence electrons. The van der Waals surface area contributed by atoms with Crippen LogP contribution in [0.25, 0.3) is 0 Å². The SMILES string of the molecule is Cc1noc(C)c1C(=O)N(C1=NC(C)CS1)c1ccc(Cl)cc1. The molecule has 0 saturated heterocycles. The van der Waals surface area contributed by atoms with Crippen molar-refractivity contribution < 1.29 is 9.32 Å². The normalized spacial score (nSPS) is 17.2. The highest BCUT2D eigenvalue weighted by Gasteiger charge is 2.31. The van der Waals surface area contributed by atoms with Gasteiger partial charge in [0.1, 0.15) is 11.3 Å². The fourth-order valence-electron chi connectivity index (χ4n) is 2.39. The second kappa shape index (κ2) is 6.37. The van der Waals surface area contributed by atoms with Crippen molar-refractivity contribution in [3.05, 3.63) is 46.3 Å². The summed E-state index contributed by atoms with van der Waals surface area (Å²) in [6, 6.07) is 7.32. The Morgan fingerprint density at radius 3 is 2.57 bits per heavy atom. The van der Waals surface area contributed by atoms with Gasteiger partial charge in [0.2, 0.25) is 0 Å². The van der Waals surface area contributed by atoms with Gasteiger partial charge in [-0.3, -0.25) is 14.7 Å². The van der Waals surface area contributed by atoms with Gasteiger partial charge in [-0.05, 0) is 45.0 Å². The maximum atomic E-state index is 13.1. The average Bonchev–Trinajstić information content (AvgIpc) is 3.07. The van der Waals surface area contributed by atoms with Gasteiger partial charge in [0.25, 0.3) is 5.91 Å². The number of hydrogen-bond donors (Lipinski definition) is 0. The lowest BCUT2D eigenvalue weighted by Crippen LogP contribution is -2.35. The number of amidine groups is 1. The number of benzene rings is 1. The van der Waals surface area contributed by atoms with Crippen molar-refractivity contribution in [2.24, 2.45) is 4.99 Å². The molecule has 1 atom stereocenters. The van der Waals surface area contributed by atoms with Crippen LogP contribution in [0, 0.1) is 13.8 Å². The molecule has 23 heavy (non-hydrogen) atoms. The maximum absolute atomic E-state index is 13.1. The zero-order valence-electron chi connectivity index (χ0n) is 13.0. The van der Waals surface area contributed by atoms with Crippen molar-refractivity contribution in [1.82, 2.24) is 5.16 Å². The highest BCUT2D eigenvalue weighted by atomic mass is 35.5. The minimum absolute atomic E-state index is 0.183. The molecule has 5 nitrogen and oxygen atoms in total. The first-order valence-electron chi connectivity index (χ1n) is 7.21. The summed E-state index contributed by atoms with van der Waals surface area (Å²) >= 11 is 7.53. The van der Waals surface area contributed by atoms with Crippen LogP contribution < -0.4 is 4.90 Å². The Balaban J connectivity index is 2.07. The smallest absolute Gasteiger partial charge is 0.269 e. The Morgan fingerprint density at radius 1 is 1.35 bits per heavy atom. The van der Waals surface area contributed by atoms with Crippen molar-refractivity contribution >= 4 is 40.1 Å². The summed E-state index contributed by atoms with van der Waals surface area (Å²) in [5.74, 6) is 1.17. The van der Waals surface area contributed by atoms with Crippen LogP contribution in [0.5, 0.6) is 0 Å². The molecular formula is C16H16ClN3O2S. The van der Waals surface area contributed by atoms with Gasteiger partial charge in [0.05, 0.1) is 17.4 Å². The van der Waals surface area contributed by atoms with E-state index in [2.05, 4.69) is 10.1 Å². The van der Waals surface area contributed by atoms with Crippen LogP contribution in [0.2, 0.25) is 5.02 Å². The minimum atomic E-state index is -0.191. The summed E-state index contributed by atoms with van der Waals surface area (Å²) in [4.78, 5) is 19.3. The van der Waals surface area contributed by atoms with Gasteiger partial charge in [-0.1, -0.05) is 28.5 Å². The number of carbonyl (C=O) groups excluding carboxylic acids is 1. The zero-order chi connectivity index (χ0) is 16.6. The van der Waals surface area contributed by atoms with Crippen molar-refractivity contribution in [3.63, 3.8) is 0 Å². The first-order valence-corrected chi connectivity index (χ1v) is 8.57. The van der Waals surface area contributed by atoms with E-state index in [9.17, 15) is 4.79 Å². The predicted octanol–water partition coefficient (Wildman–Crippen LogP) is 4.08. The molecule has 1 aliphatic heterocycles. The molecule has 1 aliphatic rings. The van der Waals surface area contributed by atoms with Crippen LogP contribution in [0.15, 0.2) is 33.8 Å². The number of hydrogen-bond acceptors (Lipinski definition) is 5. The second-order valence-electron chi connectivity index (χ2n) is 5.39. The summed E-state index contributed by atoms with van der Waals surface area (Å²) < 4.78 is 5.14. The van der Waals surface area contributed by atoms with E-state index in [0.29, 0.717) is 27.2 Å². The Bertz CT molecular complexity index is 751. The van der Waals surface area contributed by atoms with Crippen LogP contribution in [0.3, 0.4) is 0 Å². The third-order valence-corrected chi connectivity index (χ3v) is 4.96.